The Bertz CT molecular complexity index is 679. The summed E-state index contributed by atoms with van der Waals surface area (Å²) in [6.07, 6.45) is 2.40. The van der Waals surface area contributed by atoms with Crippen molar-refractivity contribution in [1.82, 2.24) is 5.32 Å². The van der Waals surface area contributed by atoms with E-state index in [1.165, 1.54) is 18.4 Å². The molecule has 118 valence electrons. The van der Waals surface area contributed by atoms with Gasteiger partial charge in [0.2, 0.25) is 0 Å². The molecule has 0 radical (unpaired) electrons. The molecule has 1 fully saturated rings. The van der Waals surface area contributed by atoms with Crippen LogP contribution in [0.3, 0.4) is 0 Å². The third-order valence-corrected chi connectivity index (χ3v) is 4.87. The van der Waals surface area contributed by atoms with Gasteiger partial charge in [0.05, 0.1) is 11.6 Å². The minimum absolute atomic E-state index is 0.441. The molecule has 3 N–H and O–H groups in total. The molecule has 0 amide bonds. The van der Waals surface area contributed by atoms with Crippen LogP contribution in [0, 0.1) is 17.2 Å². The Morgan fingerprint density at radius 3 is 2.48 bits per heavy atom. The van der Waals surface area contributed by atoms with Crippen LogP contribution in [0.4, 0.5) is 0 Å². The molecule has 3 heteroatoms. The molecule has 1 unspecified atom stereocenters. The minimum Gasteiger partial charge on any atom is -0.330 e. The van der Waals surface area contributed by atoms with Gasteiger partial charge in [-0.05, 0) is 73.1 Å². The molecule has 1 aliphatic rings. The molecule has 1 aliphatic heterocycles. The van der Waals surface area contributed by atoms with Crippen molar-refractivity contribution in [1.29, 1.82) is 5.26 Å². The number of nitrogens with zero attached hydrogens (tertiary/aromatic N) is 1. The smallest absolute Gasteiger partial charge is 0.0991 e. The highest BCUT2D eigenvalue weighted by atomic mass is 14.9. The van der Waals surface area contributed by atoms with Crippen LogP contribution in [0.15, 0.2) is 48.5 Å². The molecule has 1 atom stereocenters. The van der Waals surface area contributed by atoms with Gasteiger partial charge in [-0.3, -0.25) is 0 Å². The first-order valence-corrected chi connectivity index (χ1v) is 8.33. The van der Waals surface area contributed by atoms with Crippen molar-refractivity contribution in [3.63, 3.8) is 0 Å². The lowest BCUT2D eigenvalue weighted by Crippen LogP contribution is -2.33. The number of nitrogens with one attached hydrogen (secondary N) is 1. The Morgan fingerprint density at radius 1 is 1.09 bits per heavy atom. The first kappa shape index (κ1) is 15.7. The zero-order valence-corrected chi connectivity index (χ0v) is 13.3. The summed E-state index contributed by atoms with van der Waals surface area (Å²) in [5.41, 5.74) is 10.3. The average Bonchev–Trinajstić information content (AvgIpc) is 2.64. The van der Waals surface area contributed by atoms with E-state index in [4.69, 9.17) is 11.0 Å². The third kappa shape index (κ3) is 3.61. The van der Waals surface area contributed by atoms with Gasteiger partial charge in [0.25, 0.3) is 0 Å². The lowest BCUT2D eigenvalue weighted by molar-refractivity contribution is 0.321. The molecule has 1 heterocycles. The van der Waals surface area contributed by atoms with Gasteiger partial charge in [0.15, 0.2) is 0 Å². The van der Waals surface area contributed by atoms with Crippen molar-refractivity contribution in [2.45, 2.75) is 18.8 Å². The van der Waals surface area contributed by atoms with Crippen LogP contribution < -0.4 is 11.1 Å². The topological polar surface area (TPSA) is 61.8 Å². The number of nitrogens with two attached hydrogens (primary N) is 1. The molecule has 0 saturated carbocycles. The van der Waals surface area contributed by atoms with E-state index in [2.05, 4.69) is 35.7 Å². The molecule has 0 spiro atoms. The highest BCUT2D eigenvalue weighted by Gasteiger charge is 2.23. The molecule has 0 aliphatic carbocycles. The van der Waals surface area contributed by atoms with Crippen molar-refractivity contribution in [3.8, 4) is 17.2 Å². The number of hydrogen-bond acceptors (Lipinski definition) is 3. The molecule has 3 rings (SSSR count). The zero-order valence-electron chi connectivity index (χ0n) is 13.3. The van der Waals surface area contributed by atoms with E-state index in [1.807, 2.05) is 24.3 Å². The first-order valence-electron chi connectivity index (χ1n) is 8.33. The minimum atomic E-state index is 0.441. The van der Waals surface area contributed by atoms with Crippen LogP contribution >= 0.6 is 0 Å². The lowest BCUT2D eigenvalue weighted by Gasteiger charge is -2.30. The summed E-state index contributed by atoms with van der Waals surface area (Å²) in [5.74, 6) is 1.12. The van der Waals surface area contributed by atoms with Crippen LogP contribution in [-0.2, 0) is 0 Å². The van der Waals surface area contributed by atoms with Gasteiger partial charge in [-0.15, -0.1) is 0 Å². The van der Waals surface area contributed by atoms with Gasteiger partial charge < -0.3 is 11.1 Å². The molecule has 0 aromatic heterocycles. The summed E-state index contributed by atoms with van der Waals surface area (Å²) in [4.78, 5) is 0. The van der Waals surface area contributed by atoms with E-state index >= 15 is 0 Å². The van der Waals surface area contributed by atoms with E-state index in [1.54, 1.807) is 0 Å². The van der Waals surface area contributed by atoms with Gasteiger partial charge in [0.1, 0.15) is 0 Å². The summed E-state index contributed by atoms with van der Waals surface area (Å²) in [7, 11) is 0. The second kappa shape index (κ2) is 7.41. The van der Waals surface area contributed by atoms with Crippen LogP contribution in [0.2, 0.25) is 0 Å². The number of hydrogen-bond donors (Lipinski definition) is 2. The van der Waals surface area contributed by atoms with Crippen LogP contribution in [0.5, 0.6) is 0 Å². The van der Waals surface area contributed by atoms with E-state index in [0.29, 0.717) is 23.9 Å². The largest absolute Gasteiger partial charge is 0.330 e. The number of nitriles is 1. The molecular weight excluding hydrogens is 282 g/mol. The fraction of sp³-hybridized carbons (Fsp3) is 0.350. The van der Waals surface area contributed by atoms with Crippen molar-refractivity contribution in [3.05, 3.63) is 59.7 Å². The number of piperidine rings is 1. The molecule has 1 saturated heterocycles. The fourth-order valence-electron chi connectivity index (χ4n) is 3.54. The number of benzene rings is 2. The van der Waals surface area contributed by atoms with Crippen molar-refractivity contribution >= 4 is 0 Å². The van der Waals surface area contributed by atoms with Crippen LogP contribution in [-0.4, -0.2) is 19.6 Å². The van der Waals surface area contributed by atoms with Crippen LogP contribution in [0.1, 0.15) is 29.9 Å². The Kier molecular flexibility index (Phi) is 5.07. The maximum absolute atomic E-state index is 9.03. The molecule has 2 aromatic rings. The Labute approximate surface area is 138 Å². The lowest BCUT2D eigenvalue weighted by atomic mass is 9.80. The molecule has 3 nitrogen and oxygen atoms in total. The third-order valence-electron chi connectivity index (χ3n) is 4.87. The van der Waals surface area contributed by atoms with E-state index < -0.39 is 0 Å². The second-order valence-electron chi connectivity index (χ2n) is 6.24. The maximum Gasteiger partial charge on any atom is 0.0991 e. The van der Waals surface area contributed by atoms with Crippen molar-refractivity contribution < 1.29 is 0 Å². The van der Waals surface area contributed by atoms with Gasteiger partial charge in [-0.2, -0.15) is 5.26 Å². The zero-order chi connectivity index (χ0) is 16.1. The van der Waals surface area contributed by atoms with Gasteiger partial charge in [-0.25, -0.2) is 0 Å². The Hall–Kier alpha value is -2.15. The summed E-state index contributed by atoms with van der Waals surface area (Å²) in [5, 5.41) is 12.5. The Balaban J connectivity index is 1.81. The average molecular weight is 305 g/mol. The molecule has 2 aromatic carbocycles. The van der Waals surface area contributed by atoms with Gasteiger partial charge in [0, 0.05) is 0 Å². The molecule has 0 bridgehead atoms. The molecular formula is C20H23N3. The quantitative estimate of drug-likeness (QED) is 0.911. The van der Waals surface area contributed by atoms with Gasteiger partial charge >= 0.3 is 0 Å². The standard InChI is InChI=1S/C20H23N3/c21-13-15-2-1-3-19(12-15)16-4-6-17(7-5-16)20(14-22)18-8-10-23-11-9-18/h1-7,12,18,20,23H,8-11,14,22H2. The van der Waals surface area contributed by atoms with E-state index in [0.717, 1.165) is 24.2 Å². The highest BCUT2D eigenvalue weighted by Crippen LogP contribution is 2.31. The second-order valence-corrected chi connectivity index (χ2v) is 6.24. The maximum atomic E-state index is 9.03. The molecule has 23 heavy (non-hydrogen) atoms. The normalized spacial score (nSPS) is 16.7. The first-order chi connectivity index (χ1) is 11.3. The van der Waals surface area contributed by atoms with Crippen LogP contribution in [0.25, 0.3) is 11.1 Å². The summed E-state index contributed by atoms with van der Waals surface area (Å²) < 4.78 is 0. The summed E-state index contributed by atoms with van der Waals surface area (Å²) >= 11 is 0. The predicted molar refractivity (Wildman–Crippen MR) is 94.0 cm³/mol. The van der Waals surface area contributed by atoms with E-state index in [-0.39, 0.29) is 0 Å². The summed E-state index contributed by atoms with van der Waals surface area (Å²) in [6.45, 7) is 2.90. The predicted octanol–water partition coefficient (Wildman–Crippen LogP) is 3.27. The Morgan fingerprint density at radius 2 is 1.83 bits per heavy atom. The SMILES string of the molecule is N#Cc1cccc(-c2ccc(C(CN)C3CCNCC3)cc2)c1. The van der Waals surface area contributed by atoms with Gasteiger partial charge in [-0.1, -0.05) is 36.4 Å². The van der Waals surface area contributed by atoms with Crippen molar-refractivity contribution in [2.75, 3.05) is 19.6 Å². The van der Waals surface area contributed by atoms with Crippen molar-refractivity contribution in [2.24, 2.45) is 11.7 Å². The summed E-state index contributed by atoms with van der Waals surface area (Å²) in [6, 6.07) is 18.6. The number of rotatable bonds is 4. The monoisotopic (exact) mass is 305 g/mol. The fourth-order valence-corrected chi connectivity index (χ4v) is 3.54. The van der Waals surface area contributed by atoms with E-state index in [9.17, 15) is 0 Å². The highest BCUT2D eigenvalue weighted by molar-refractivity contribution is 5.65.